The second-order valence-electron chi connectivity index (χ2n) is 4.11. The van der Waals surface area contributed by atoms with Gasteiger partial charge in [-0.1, -0.05) is 12.1 Å². The Morgan fingerprint density at radius 3 is 2.94 bits per heavy atom. The van der Waals surface area contributed by atoms with Crippen molar-refractivity contribution in [2.24, 2.45) is 0 Å². The first kappa shape index (κ1) is 11.4. The number of nitrogens with one attached hydrogen (secondary N) is 1. The summed E-state index contributed by atoms with van der Waals surface area (Å²) in [4.78, 5) is 24.1. The van der Waals surface area contributed by atoms with Crippen molar-refractivity contribution in [1.82, 2.24) is 0 Å². The number of carbonyl (C=O) groups excluding carboxylic acids is 1. The van der Waals surface area contributed by atoms with Crippen LogP contribution in [0, 0.1) is 0 Å². The number of carboxylic acids is 1. The Morgan fingerprint density at radius 2 is 2.24 bits per heavy atom. The van der Waals surface area contributed by atoms with Crippen molar-refractivity contribution in [3.8, 4) is 0 Å². The summed E-state index contributed by atoms with van der Waals surface area (Å²) < 4.78 is 0. The van der Waals surface area contributed by atoms with Crippen molar-refractivity contribution in [2.45, 2.75) is 18.9 Å². The number of para-hydroxylation sites is 2. The first-order valence-corrected chi connectivity index (χ1v) is 5.42. The van der Waals surface area contributed by atoms with Crippen LogP contribution in [-0.4, -0.2) is 30.1 Å². The van der Waals surface area contributed by atoms with Gasteiger partial charge in [0.25, 0.3) is 0 Å². The van der Waals surface area contributed by atoms with Gasteiger partial charge in [-0.05, 0) is 12.1 Å². The van der Waals surface area contributed by atoms with Crippen molar-refractivity contribution in [2.75, 3.05) is 17.3 Å². The summed E-state index contributed by atoms with van der Waals surface area (Å²) in [5.41, 5.74) is 1.58. The van der Waals surface area contributed by atoms with Gasteiger partial charge in [0.15, 0.2) is 0 Å². The van der Waals surface area contributed by atoms with Crippen molar-refractivity contribution >= 4 is 23.3 Å². The van der Waals surface area contributed by atoms with Crippen molar-refractivity contribution in [1.29, 1.82) is 0 Å². The first-order valence-electron chi connectivity index (χ1n) is 5.42. The number of carboxylic acid groups (broad SMARTS) is 1. The summed E-state index contributed by atoms with van der Waals surface area (Å²) in [7, 11) is 1.70. The van der Waals surface area contributed by atoms with Crippen LogP contribution in [0.25, 0.3) is 0 Å². The highest BCUT2D eigenvalue weighted by Crippen LogP contribution is 2.29. The molecule has 17 heavy (non-hydrogen) atoms. The van der Waals surface area contributed by atoms with Crippen LogP contribution in [0.2, 0.25) is 0 Å². The number of amides is 1. The quantitative estimate of drug-likeness (QED) is 0.809. The van der Waals surface area contributed by atoms with Crippen LogP contribution < -0.4 is 10.2 Å². The predicted molar refractivity (Wildman–Crippen MR) is 64.1 cm³/mol. The molecule has 0 spiro atoms. The third-order valence-corrected chi connectivity index (χ3v) is 2.84. The van der Waals surface area contributed by atoms with Crippen molar-refractivity contribution in [3.05, 3.63) is 24.3 Å². The molecule has 1 heterocycles. The highest BCUT2D eigenvalue weighted by molar-refractivity contribution is 5.98. The highest BCUT2D eigenvalue weighted by atomic mass is 16.4. The Morgan fingerprint density at radius 1 is 1.53 bits per heavy atom. The van der Waals surface area contributed by atoms with Gasteiger partial charge in [-0.3, -0.25) is 9.59 Å². The molecule has 2 rings (SSSR count). The average Bonchev–Trinajstić information content (AvgIpc) is 2.37. The van der Waals surface area contributed by atoms with E-state index < -0.39 is 5.97 Å². The molecule has 2 N–H and O–H groups in total. The molecule has 0 aromatic heterocycles. The lowest BCUT2D eigenvalue weighted by Gasteiger charge is -2.16. The number of benzene rings is 1. The SMILES string of the molecule is CN1C(=O)CC(CC(=O)O)Nc2ccccc21. The molecule has 1 amide bonds. The van der Waals surface area contributed by atoms with Gasteiger partial charge in [-0.2, -0.15) is 0 Å². The summed E-state index contributed by atoms with van der Waals surface area (Å²) in [6.45, 7) is 0. The Balaban J connectivity index is 2.32. The van der Waals surface area contributed by atoms with Crippen molar-refractivity contribution < 1.29 is 14.7 Å². The van der Waals surface area contributed by atoms with Crippen LogP contribution in [0.4, 0.5) is 11.4 Å². The monoisotopic (exact) mass is 234 g/mol. The maximum Gasteiger partial charge on any atom is 0.305 e. The fourth-order valence-electron chi connectivity index (χ4n) is 1.98. The first-order chi connectivity index (χ1) is 8.08. The smallest absolute Gasteiger partial charge is 0.305 e. The lowest BCUT2D eigenvalue weighted by molar-refractivity contribution is -0.137. The number of hydrogen-bond acceptors (Lipinski definition) is 3. The third kappa shape index (κ3) is 2.38. The van der Waals surface area contributed by atoms with Crippen LogP contribution in [0.5, 0.6) is 0 Å². The van der Waals surface area contributed by atoms with Crippen LogP contribution in [0.1, 0.15) is 12.8 Å². The Hall–Kier alpha value is -2.04. The van der Waals surface area contributed by atoms with Gasteiger partial charge in [0.2, 0.25) is 5.91 Å². The van der Waals surface area contributed by atoms with E-state index in [1.165, 1.54) is 0 Å². The molecule has 5 nitrogen and oxygen atoms in total. The van der Waals surface area contributed by atoms with Gasteiger partial charge in [-0.15, -0.1) is 0 Å². The number of carbonyl (C=O) groups is 2. The Kier molecular flexibility index (Phi) is 2.99. The molecule has 0 saturated carbocycles. The number of anilines is 2. The maximum atomic E-state index is 11.9. The van der Waals surface area contributed by atoms with Crippen LogP contribution in [-0.2, 0) is 9.59 Å². The van der Waals surface area contributed by atoms with E-state index in [1.807, 2.05) is 24.3 Å². The molecule has 1 aromatic carbocycles. The number of aliphatic carboxylic acids is 1. The summed E-state index contributed by atoms with van der Waals surface area (Å²) in [5.74, 6) is -0.981. The zero-order valence-electron chi connectivity index (χ0n) is 9.51. The molecule has 1 atom stereocenters. The zero-order valence-corrected chi connectivity index (χ0v) is 9.51. The maximum absolute atomic E-state index is 11.9. The van der Waals surface area contributed by atoms with Crippen LogP contribution in [0.15, 0.2) is 24.3 Å². The van der Waals surface area contributed by atoms with Crippen molar-refractivity contribution in [3.63, 3.8) is 0 Å². The molecular weight excluding hydrogens is 220 g/mol. The highest BCUT2D eigenvalue weighted by Gasteiger charge is 2.25. The number of fused-ring (bicyclic) bond motifs is 1. The van der Waals surface area contributed by atoms with Gasteiger partial charge in [-0.25, -0.2) is 0 Å². The molecule has 0 aliphatic carbocycles. The van der Waals surface area contributed by atoms with E-state index in [1.54, 1.807) is 11.9 Å². The van der Waals surface area contributed by atoms with E-state index in [0.29, 0.717) is 0 Å². The minimum atomic E-state index is -0.905. The van der Waals surface area contributed by atoms with Gasteiger partial charge in [0.1, 0.15) is 0 Å². The molecule has 0 saturated heterocycles. The Bertz CT molecular complexity index is 459. The minimum absolute atomic E-state index is 0.0616. The van der Waals surface area contributed by atoms with Crippen LogP contribution in [0.3, 0.4) is 0 Å². The summed E-state index contributed by atoms with van der Waals surface area (Å²) >= 11 is 0. The fourth-order valence-corrected chi connectivity index (χ4v) is 1.98. The van der Waals surface area contributed by atoms with Gasteiger partial charge in [0, 0.05) is 19.5 Å². The van der Waals surface area contributed by atoms with E-state index in [2.05, 4.69) is 5.32 Å². The molecule has 90 valence electrons. The predicted octanol–water partition coefficient (Wildman–Crippen LogP) is 1.31. The molecule has 0 bridgehead atoms. The number of hydrogen-bond donors (Lipinski definition) is 2. The van der Waals surface area contributed by atoms with Gasteiger partial charge in [0.05, 0.1) is 17.8 Å². The van der Waals surface area contributed by atoms with E-state index >= 15 is 0 Å². The Labute approximate surface area is 99.0 Å². The molecule has 1 aromatic rings. The van der Waals surface area contributed by atoms with E-state index in [9.17, 15) is 9.59 Å². The second kappa shape index (κ2) is 4.45. The van der Waals surface area contributed by atoms with E-state index in [0.717, 1.165) is 11.4 Å². The molecule has 0 radical (unpaired) electrons. The summed E-state index contributed by atoms with van der Waals surface area (Å²) in [6, 6.07) is 7.03. The van der Waals surface area contributed by atoms with Gasteiger partial charge >= 0.3 is 5.97 Å². The normalized spacial score (nSPS) is 19.2. The number of nitrogens with zero attached hydrogens (tertiary/aromatic N) is 1. The molecule has 0 fully saturated rings. The van der Waals surface area contributed by atoms with E-state index in [-0.39, 0.29) is 24.8 Å². The molecule has 1 unspecified atom stereocenters. The zero-order chi connectivity index (χ0) is 12.4. The minimum Gasteiger partial charge on any atom is -0.481 e. The standard InChI is InChI=1S/C12H14N2O3/c1-14-10-5-3-2-4-9(10)13-8(6-11(14)15)7-12(16)17/h2-5,8,13H,6-7H2,1H3,(H,16,17). The van der Waals surface area contributed by atoms with Crippen LogP contribution >= 0.6 is 0 Å². The largest absolute Gasteiger partial charge is 0.481 e. The second-order valence-corrected chi connectivity index (χ2v) is 4.11. The lowest BCUT2D eigenvalue weighted by atomic mass is 10.1. The third-order valence-electron chi connectivity index (χ3n) is 2.84. The summed E-state index contributed by atoms with van der Waals surface area (Å²) in [5, 5.41) is 11.9. The fraction of sp³-hybridized carbons (Fsp3) is 0.333. The lowest BCUT2D eigenvalue weighted by Crippen LogP contribution is -2.29. The van der Waals surface area contributed by atoms with E-state index in [4.69, 9.17) is 5.11 Å². The summed E-state index contributed by atoms with van der Waals surface area (Å²) in [6.07, 6.45) is 0.130. The topological polar surface area (TPSA) is 69.6 Å². The van der Waals surface area contributed by atoms with Gasteiger partial charge < -0.3 is 15.3 Å². The molecule has 1 aliphatic rings. The molecular formula is C12H14N2O3. The molecule has 1 aliphatic heterocycles. The number of rotatable bonds is 2. The average molecular weight is 234 g/mol. The molecule has 5 heteroatoms.